The van der Waals surface area contributed by atoms with Crippen molar-refractivity contribution in [3.8, 4) is 40.0 Å². The molecule has 0 atom stereocenters. The molecular weight excluding hydrogens is 682 g/mol. The number of carbonyl (C=O) groups is 1. The second-order valence-electron chi connectivity index (χ2n) is 13.3. The van der Waals surface area contributed by atoms with Crippen molar-refractivity contribution in [1.82, 2.24) is 24.8 Å². The van der Waals surface area contributed by atoms with E-state index in [1.165, 1.54) is 31.5 Å². The molecule has 6 aromatic rings. The van der Waals surface area contributed by atoms with Gasteiger partial charge in [0.15, 0.2) is 17.4 Å². The maximum Gasteiger partial charge on any atom is 0.262 e. The highest BCUT2D eigenvalue weighted by Crippen LogP contribution is 2.31. The Morgan fingerprint density at radius 1 is 0.833 bits per heavy atom. The highest BCUT2D eigenvalue weighted by Gasteiger charge is 2.20. The molecule has 54 heavy (non-hydrogen) atoms. The smallest absolute Gasteiger partial charge is 0.262 e. The van der Waals surface area contributed by atoms with E-state index in [1.807, 2.05) is 86.6 Å². The number of likely N-dealkylation sites (tertiary alicyclic amines) is 1. The van der Waals surface area contributed by atoms with E-state index in [2.05, 4.69) is 30.5 Å². The van der Waals surface area contributed by atoms with Gasteiger partial charge in [-0.2, -0.15) is 4.98 Å². The Balaban J connectivity index is 1.11. The van der Waals surface area contributed by atoms with E-state index in [0.717, 1.165) is 48.3 Å². The molecular formula is C43H42FN7O3. The Hall–Kier alpha value is -6.20. The lowest BCUT2D eigenvalue weighted by Crippen LogP contribution is -2.31. The van der Waals surface area contributed by atoms with Crippen LogP contribution < -0.4 is 20.1 Å². The Morgan fingerprint density at radius 2 is 1.61 bits per heavy atom. The largest absolute Gasteiger partial charge is 0.490 e. The van der Waals surface area contributed by atoms with Crippen LogP contribution in [0.2, 0.25) is 0 Å². The van der Waals surface area contributed by atoms with Gasteiger partial charge in [0.2, 0.25) is 11.8 Å². The summed E-state index contributed by atoms with van der Waals surface area (Å²) >= 11 is 0. The Kier molecular flexibility index (Phi) is 11.4. The van der Waals surface area contributed by atoms with E-state index in [4.69, 9.17) is 14.5 Å². The number of halogens is 1. The van der Waals surface area contributed by atoms with Crippen LogP contribution in [-0.2, 0) is 0 Å². The summed E-state index contributed by atoms with van der Waals surface area (Å²) in [4.78, 5) is 34.4. The molecule has 274 valence electrons. The number of hydrogen-bond acceptors (Lipinski definition) is 9. The van der Waals surface area contributed by atoms with E-state index in [9.17, 15) is 4.79 Å². The molecule has 0 radical (unpaired) electrons. The fourth-order valence-electron chi connectivity index (χ4n) is 6.41. The SMILES string of the molecule is Cc1cccc(C)c1NC(=O)c1cnc(Nc2ccc(OCCCN3CCCCC3)c(F)c2)nc1Oc1cccc(-c2ccnc(-c3ccccc3)n2)c1. The Labute approximate surface area is 314 Å². The molecule has 7 rings (SSSR count). The van der Waals surface area contributed by atoms with Crippen LogP contribution in [0, 0.1) is 19.7 Å². The topological polar surface area (TPSA) is 114 Å². The third-order valence-electron chi connectivity index (χ3n) is 9.26. The molecule has 0 saturated carbocycles. The lowest BCUT2D eigenvalue weighted by atomic mass is 10.1. The number of aromatic nitrogens is 4. The minimum atomic E-state index is -0.504. The maximum absolute atomic E-state index is 15.1. The normalized spacial score (nSPS) is 12.9. The van der Waals surface area contributed by atoms with Crippen LogP contribution in [-0.4, -0.2) is 57.0 Å². The van der Waals surface area contributed by atoms with Crippen LogP contribution in [0.25, 0.3) is 22.6 Å². The van der Waals surface area contributed by atoms with Crippen LogP contribution in [0.5, 0.6) is 17.4 Å². The van der Waals surface area contributed by atoms with Gasteiger partial charge >= 0.3 is 0 Å². The molecule has 1 saturated heterocycles. The number of nitrogens with zero attached hydrogens (tertiary/aromatic N) is 5. The molecule has 1 fully saturated rings. The molecule has 2 N–H and O–H groups in total. The molecule has 0 unspecified atom stereocenters. The summed E-state index contributed by atoms with van der Waals surface area (Å²) < 4.78 is 27.2. The van der Waals surface area contributed by atoms with Gasteiger partial charge in [0.25, 0.3) is 5.91 Å². The number of aryl methyl sites for hydroxylation is 2. The first kappa shape index (κ1) is 36.2. The summed E-state index contributed by atoms with van der Waals surface area (Å²) in [6.07, 6.45) is 7.70. The number of ether oxygens (including phenoxy) is 2. The first-order valence-corrected chi connectivity index (χ1v) is 18.2. The number of carbonyl (C=O) groups excluding carboxylic acids is 1. The lowest BCUT2D eigenvalue weighted by molar-refractivity contribution is 0.102. The molecule has 0 spiro atoms. The van der Waals surface area contributed by atoms with Crippen LogP contribution in [0.4, 0.5) is 21.7 Å². The summed E-state index contributed by atoms with van der Waals surface area (Å²) in [6, 6.07) is 29.3. The molecule has 10 nitrogen and oxygen atoms in total. The van der Waals surface area contributed by atoms with Crippen LogP contribution in [0.1, 0.15) is 47.2 Å². The minimum Gasteiger partial charge on any atom is -0.490 e. The molecule has 3 heterocycles. The number of rotatable bonds is 13. The third-order valence-corrected chi connectivity index (χ3v) is 9.26. The van der Waals surface area contributed by atoms with Gasteiger partial charge in [0.05, 0.1) is 12.3 Å². The van der Waals surface area contributed by atoms with Crippen molar-refractivity contribution < 1.29 is 18.7 Å². The van der Waals surface area contributed by atoms with Crippen molar-refractivity contribution >= 4 is 23.2 Å². The predicted molar refractivity (Wildman–Crippen MR) is 209 cm³/mol. The molecule has 0 bridgehead atoms. The third kappa shape index (κ3) is 9.05. The van der Waals surface area contributed by atoms with Gasteiger partial charge in [-0.05, 0) is 87.7 Å². The highest BCUT2D eigenvalue weighted by atomic mass is 19.1. The van der Waals surface area contributed by atoms with E-state index < -0.39 is 11.7 Å². The van der Waals surface area contributed by atoms with Gasteiger partial charge in [-0.1, -0.05) is 67.1 Å². The highest BCUT2D eigenvalue weighted by molar-refractivity contribution is 6.06. The van der Waals surface area contributed by atoms with E-state index in [0.29, 0.717) is 35.2 Å². The zero-order chi connectivity index (χ0) is 37.3. The number of benzene rings is 4. The van der Waals surface area contributed by atoms with E-state index in [1.54, 1.807) is 24.4 Å². The van der Waals surface area contributed by atoms with Crippen molar-refractivity contribution in [2.75, 3.05) is 36.9 Å². The van der Waals surface area contributed by atoms with Crippen molar-refractivity contribution in [3.63, 3.8) is 0 Å². The van der Waals surface area contributed by atoms with Gasteiger partial charge in [-0.15, -0.1) is 0 Å². The number of piperidine rings is 1. The average molecular weight is 724 g/mol. The number of anilines is 3. The van der Waals surface area contributed by atoms with Gasteiger partial charge in [-0.3, -0.25) is 4.79 Å². The van der Waals surface area contributed by atoms with Crippen LogP contribution >= 0.6 is 0 Å². The fraction of sp³-hybridized carbons (Fsp3) is 0.233. The average Bonchev–Trinajstić information content (AvgIpc) is 3.19. The predicted octanol–water partition coefficient (Wildman–Crippen LogP) is 9.40. The van der Waals surface area contributed by atoms with Gasteiger partial charge in [0, 0.05) is 47.5 Å². The number of nitrogens with one attached hydrogen (secondary N) is 2. The van der Waals surface area contributed by atoms with Crippen molar-refractivity contribution in [1.29, 1.82) is 0 Å². The molecule has 1 amide bonds. The fourth-order valence-corrected chi connectivity index (χ4v) is 6.41. The molecule has 11 heteroatoms. The molecule has 1 aliphatic rings. The lowest BCUT2D eigenvalue weighted by Gasteiger charge is -2.26. The quantitative estimate of drug-likeness (QED) is 0.113. The number of hydrogen-bond donors (Lipinski definition) is 2. The monoisotopic (exact) mass is 723 g/mol. The summed E-state index contributed by atoms with van der Waals surface area (Å²) in [5.41, 5.74) is 5.42. The summed E-state index contributed by atoms with van der Waals surface area (Å²) in [5, 5.41) is 6.05. The zero-order valence-electron chi connectivity index (χ0n) is 30.4. The van der Waals surface area contributed by atoms with E-state index >= 15 is 4.39 Å². The Morgan fingerprint density at radius 3 is 2.41 bits per heavy atom. The van der Waals surface area contributed by atoms with Crippen molar-refractivity contribution in [3.05, 3.63) is 132 Å². The first-order chi connectivity index (χ1) is 26.4. The van der Waals surface area contributed by atoms with E-state index in [-0.39, 0.29) is 23.1 Å². The van der Waals surface area contributed by atoms with Crippen LogP contribution in [0.15, 0.2) is 109 Å². The number of para-hydroxylation sites is 1. The molecule has 2 aromatic heterocycles. The molecule has 1 aliphatic heterocycles. The minimum absolute atomic E-state index is 0.00943. The van der Waals surface area contributed by atoms with Crippen molar-refractivity contribution in [2.24, 2.45) is 0 Å². The number of amides is 1. The maximum atomic E-state index is 15.1. The first-order valence-electron chi connectivity index (χ1n) is 18.2. The van der Waals surface area contributed by atoms with Crippen LogP contribution in [0.3, 0.4) is 0 Å². The van der Waals surface area contributed by atoms with Gasteiger partial charge in [0.1, 0.15) is 11.3 Å². The molecule has 0 aliphatic carbocycles. The van der Waals surface area contributed by atoms with Gasteiger partial charge < -0.3 is 25.0 Å². The zero-order valence-corrected chi connectivity index (χ0v) is 30.4. The summed E-state index contributed by atoms with van der Waals surface area (Å²) in [6.45, 7) is 7.47. The Bertz CT molecular complexity index is 2210. The summed E-state index contributed by atoms with van der Waals surface area (Å²) in [7, 11) is 0. The van der Waals surface area contributed by atoms with Gasteiger partial charge in [-0.25, -0.2) is 19.3 Å². The van der Waals surface area contributed by atoms with Crippen molar-refractivity contribution in [2.45, 2.75) is 39.5 Å². The second-order valence-corrected chi connectivity index (χ2v) is 13.3. The second kappa shape index (κ2) is 17.1. The summed E-state index contributed by atoms with van der Waals surface area (Å²) in [5.74, 6) is 0.378. The molecule has 4 aromatic carbocycles. The standard InChI is InChI=1S/C43H42FN7O3/c1-29-12-9-13-30(2)39(29)49-41(52)35-28-46-43(47-33-18-19-38(36(44)27-33)53-25-11-24-51-22-7-4-8-23-51)50-42(35)54-34-17-10-16-32(26-34)37-20-21-45-40(48-37)31-14-5-3-6-15-31/h3,5-6,9-10,12-21,26-28H,4,7-8,11,22-25H2,1-2H3,(H,49,52)(H,46,47,50).